The molecule has 0 spiro atoms. The van der Waals surface area contributed by atoms with E-state index < -0.39 is 0 Å². The molecule has 0 unspecified atom stereocenters. The molecule has 0 rings (SSSR count). The molecule has 0 aliphatic rings. The molecule has 0 saturated carbocycles. The van der Waals surface area contributed by atoms with E-state index in [1.54, 1.807) is 0 Å². The molecule has 0 aromatic rings. The fourth-order valence-corrected chi connectivity index (χ4v) is 0.144. The molecule has 3 heteroatoms. The molecule has 0 heterocycles. The zero-order valence-corrected chi connectivity index (χ0v) is 4.89. The molecule has 0 amide bonds. The molecule has 3 nitrogen and oxygen atoms in total. The normalized spacial score (nSPS) is 12.0. The number of hydrogen-bond donors (Lipinski definition) is 1. The molecule has 0 aromatic heterocycles. The van der Waals surface area contributed by atoms with Crippen molar-refractivity contribution >= 4 is 0 Å². The number of rotatable bonds is 1. The smallest absolute Gasteiger partial charge is 0.0971 e. The van der Waals surface area contributed by atoms with Gasteiger partial charge in [0, 0.05) is 0 Å². The number of hydrogen-bond acceptors (Lipinski definition) is 3. The monoisotopic (exact) mass is 105 g/mol. The fourth-order valence-electron chi connectivity index (χ4n) is 0.144. The summed E-state index contributed by atoms with van der Waals surface area (Å²) in [6.45, 7) is 5.54. The molecule has 0 aliphatic carbocycles. The highest BCUT2D eigenvalue weighted by Gasteiger charge is 2.09. The van der Waals surface area contributed by atoms with Gasteiger partial charge in [-0.1, -0.05) is 0 Å². The summed E-state index contributed by atoms with van der Waals surface area (Å²) in [6.07, 6.45) is 0. The highest BCUT2D eigenvalue weighted by molar-refractivity contribution is 4.53. The average molecular weight is 105 g/mol. The van der Waals surface area contributed by atoms with Crippen LogP contribution in [0.3, 0.4) is 0 Å². The van der Waals surface area contributed by atoms with Crippen molar-refractivity contribution in [3.63, 3.8) is 0 Å². The van der Waals surface area contributed by atoms with Crippen molar-refractivity contribution in [1.82, 2.24) is 0 Å². The minimum absolute atomic E-state index is 0.297. The van der Waals surface area contributed by atoms with Crippen LogP contribution in [0.4, 0.5) is 0 Å². The van der Waals surface area contributed by atoms with Crippen molar-refractivity contribution in [3.05, 3.63) is 0 Å². The Morgan fingerprint density at radius 3 is 1.71 bits per heavy atom. The SMILES string of the molecule is CC(C)(C)OON. The summed E-state index contributed by atoms with van der Waals surface area (Å²) in [4.78, 5) is 8.41. The van der Waals surface area contributed by atoms with Gasteiger partial charge in [-0.2, -0.15) is 5.90 Å². The van der Waals surface area contributed by atoms with Gasteiger partial charge in [-0.05, 0) is 20.8 Å². The van der Waals surface area contributed by atoms with Gasteiger partial charge >= 0.3 is 0 Å². The van der Waals surface area contributed by atoms with Crippen LogP contribution in [0, 0.1) is 0 Å². The summed E-state index contributed by atoms with van der Waals surface area (Å²) in [5, 5.41) is 0. The highest BCUT2D eigenvalue weighted by atomic mass is 17.3. The lowest BCUT2D eigenvalue weighted by Gasteiger charge is -2.13. The van der Waals surface area contributed by atoms with Gasteiger partial charge in [-0.15, -0.1) is 4.99 Å². The first kappa shape index (κ1) is 6.88. The summed E-state index contributed by atoms with van der Waals surface area (Å²) in [6, 6.07) is 0. The topological polar surface area (TPSA) is 44.5 Å². The van der Waals surface area contributed by atoms with E-state index in [0.717, 1.165) is 0 Å². The quantitative estimate of drug-likeness (QED) is 0.392. The van der Waals surface area contributed by atoms with Gasteiger partial charge in [0.15, 0.2) is 0 Å². The van der Waals surface area contributed by atoms with Crippen LogP contribution in [-0.2, 0) is 9.88 Å². The first-order valence-corrected chi connectivity index (χ1v) is 2.11. The molecule has 7 heavy (non-hydrogen) atoms. The Hall–Kier alpha value is -0.120. The lowest BCUT2D eigenvalue weighted by atomic mass is 10.2. The van der Waals surface area contributed by atoms with Crippen molar-refractivity contribution in [2.45, 2.75) is 26.4 Å². The summed E-state index contributed by atoms with van der Waals surface area (Å²) >= 11 is 0. The molecule has 0 bridgehead atoms. The molecule has 0 atom stereocenters. The lowest BCUT2D eigenvalue weighted by molar-refractivity contribution is -0.353. The second-order valence-corrected chi connectivity index (χ2v) is 2.29. The molecule has 0 aromatic carbocycles. The second kappa shape index (κ2) is 2.26. The van der Waals surface area contributed by atoms with Gasteiger partial charge in [0.2, 0.25) is 0 Å². The third-order valence-electron chi connectivity index (χ3n) is 0.298. The summed E-state index contributed by atoms with van der Waals surface area (Å²) in [5.74, 6) is 4.59. The Balaban J connectivity index is 3.15. The van der Waals surface area contributed by atoms with E-state index in [1.807, 2.05) is 20.8 Å². The predicted octanol–water partition coefficient (Wildman–Crippen LogP) is 0.607. The zero-order chi connectivity index (χ0) is 5.91. The Morgan fingerprint density at radius 1 is 1.29 bits per heavy atom. The molecule has 0 aliphatic heterocycles. The summed E-state index contributed by atoms with van der Waals surface area (Å²) in [5.41, 5.74) is -0.297. The van der Waals surface area contributed by atoms with E-state index in [4.69, 9.17) is 0 Å². The number of nitrogens with two attached hydrogens (primary N) is 1. The Bertz CT molecular complexity index is 48.1. The Labute approximate surface area is 43.3 Å². The van der Waals surface area contributed by atoms with E-state index in [1.165, 1.54) is 0 Å². The first-order valence-electron chi connectivity index (χ1n) is 2.11. The van der Waals surface area contributed by atoms with Crippen molar-refractivity contribution < 1.29 is 9.88 Å². The maximum atomic E-state index is 4.59. The third kappa shape index (κ3) is 5.88. The van der Waals surface area contributed by atoms with E-state index in [0.29, 0.717) is 0 Å². The largest absolute Gasteiger partial charge is 0.213 e. The van der Waals surface area contributed by atoms with Crippen LogP contribution in [0.5, 0.6) is 0 Å². The molecule has 0 saturated heterocycles. The van der Waals surface area contributed by atoms with Gasteiger partial charge in [-0.3, -0.25) is 0 Å². The van der Waals surface area contributed by atoms with Gasteiger partial charge in [0.05, 0.1) is 5.60 Å². The first-order chi connectivity index (χ1) is 3.06. The minimum atomic E-state index is -0.297. The minimum Gasteiger partial charge on any atom is -0.213 e. The molecular formula is C4H11NO2. The van der Waals surface area contributed by atoms with E-state index >= 15 is 0 Å². The molecule has 44 valence electrons. The van der Waals surface area contributed by atoms with Crippen molar-refractivity contribution in [2.24, 2.45) is 5.90 Å². The molecular weight excluding hydrogens is 94.0 g/mol. The Morgan fingerprint density at radius 2 is 1.71 bits per heavy atom. The maximum absolute atomic E-state index is 4.59. The third-order valence-corrected chi connectivity index (χ3v) is 0.298. The van der Waals surface area contributed by atoms with Crippen molar-refractivity contribution in [3.8, 4) is 0 Å². The molecule has 0 radical (unpaired) electrons. The standard InChI is InChI=1S/C4H11NO2/c1-4(2,3)6-7-5/h5H2,1-3H3. The van der Waals surface area contributed by atoms with E-state index in [-0.39, 0.29) is 5.60 Å². The summed E-state index contributed by atoms with van der Waals surface area (Å²) < 4.78 is 0. The highest BCUT2D eigenvalue weighted by Crippen LogP contribution is 2.04. The van der Waals surface area contributed by atoms with Crippen LogP contribution in [0.1, 0.15) is 20.8 Å². The van der Waals surface area contributed by atoms with E-state index in [9.17, 15) is 0 Å². The molecule has 2 N–H and O–H groups in total. The molecule has 0 fully saturated rings. The van der Waals surface area contributed by atoms with Crippen LogP contribution < -0.4 is 5.90 Å². The van der Waals surface area contributed by atoms with Crippen LogP contribution in [0.15, 0.2) is 0 Å². The second-order valence-electron chi connectivity index (χ2n) is 2.29. The van der Waals surface area contributed by atoms with Crippen LogP contribution in [0.2, 0.25) is 0 Å². The van der Waals surface area contributed by atoms with Crippen LogP contribution >= 0.6 is 0 Å². The van der Waals surface area contributed by atoms with Crippen LogP contribution in [0.25, 0.3) is 0 Å². The lowest BCUT2D eigenvalue weighted by Crippen LogP contribution is -2.21. The van der Waals surface area contributed by atoms with Gasteiger partial charge in [0.25, 0.3) is 0 Å². The zero-order valence-electron chi connectivity index (χ0n) is 4.89. The van der Waals surface area contributed by atoms with Gasteiger partial charge in [-0.25, -0.2) is 4.89 Å². The van der Waals surface area contributed by atoms with Crippen LogP contribution in [-0.4, -0.2) is 5.60 Å². The van der Waals surface area contributed by atoms with Gasteiger partial charge < -0.3 is 0 Å². The summed E-state index contributed by atoms with van der Waals surface area (Å²) in [7, 11) is 0. The van der Waals surface area contributed by atoms with Gasteiger partial charge in [0.1, 0.15) is 0 Å². The predicted molar refractivity (Wildman–Crippen MR) is 26.1 cm³/mol. The Kier molecular flexibility index (Phi) is 2.22. The fraction of sp³-hybridized carbons (Fsp3) is 1.00. The maximum Gasteiger partial charge on any atom is 0.0971 e. The van der Waals surface area contributed by atoms with E-state index in [2.05, 4.69) is 15.8 Å². The average Bonchev–Trinajstić information content (AvgIpc) is 1.30. The van der Waals surface area contributed by atoms with Crippen molar-refractivity contribution in [2.75, 3.05) is 0 Å². The van der Waals surface area contributed by atoms with Crippen molar-refractivity contribution in [1.29, 1.82) is 0 Å².